The number of piperidine rings is 1. The Morgan fingerprint density at radius 2 is 1.92 bits per heavy atom. The van der Waals surface area contributed by atoms with Crippen molar-refractivity contribution in [2.75, 3.05) is 51.3 Å². The van der Waals surface area contributed by atoms with Crippen LogP contribution < -0.4 is 10.1 Å². The molecule has 138 valence electrons. The molecule has 1 aromatic carbocycles. The molecule has 0 atom stereocenters. The summed E-state index contributed by atoms with van der Waals surface area (Å²) in [6.07, 6.45) is 2.37. The molecule has 2 saturated heterocycles. The van der Waals surface area contributed by atoms with Gasteiger partial charge in [-0.15, -0.1) is 0 Å². The van der Waals surface area contributed by atoms with E-state index in [0.29, 0.717) is 19.1 Å². The quantitative estimate of drug-likeness (QED) is 0.835. The van der Waals surface area contributed by atoms with Crippen molar-refractivity contribution in [3.05, 3.63) is 29.8 Å². The minimum Gasteiger partial charge on any atom is -0.496 e. The molecule has 1 aromatic rings. The first kappa shape index (κ1) is 18.5. The van der Waals surface area contributed by atoms with Gasteiger partial charge < -0.3 is 10.1 Å². The van der Waals surface area contributed by atoms with Crippen molar-refractivity contribution in [3.63, 3.8) is 0 Å². The second-order valence-corrected chi connectivity index (χ2v) is 7.97. The molecular weight excluding hydrogens is 334 g/mol. The van der Waals surface area contributed by atoms with Gasteiger partial charge in [-0.05, 0) is 18.9 Å². The summed E-state index contributed by atoms with van der Waals surface area (Å²) in [5.41, 5.74) is 1.01. The molecule has 0 spiro atoms. The molecule has 0 saturated carbocycles. The molecule has 6 heteroatoms. The van der Waals surface area contributed by atoms with Crippen molar-refractivity contribution in [2.24, 2.45) is 0 Å². The first-order valence-electron chi connectivity index (χ1n) is 9.19. The number of hydrogen-bond donors (Lipinski definition) is 1. The molecule has 25 heavy (non-hydrogen) atoms. The van der Waals surface area contributed by atoms with Crippen LogP contribution in [0.3, 0.4) is 0 Å². The number of carbonyl (C=O) groups is 1. The van der Waals surface area contributed by atoms with E-state index in [-0.39, 0.29) is 5.91 Å². The minimum atomic E-state index is 0.0960. The summed E-state index contributed by atoms with van der Waals surface area (Å²) in [5.74, 6) is 3.46. The highest BCUT2D eigenvalue weighted by atomic mass is 32.2. The van der Waals surface area contributed by atoms with Crippen LogP contribution in [0.4, 0.5) is 0 Å². The smallest absolute Gasteiger partial charge is 0.234 e. The number of ether oxygens (including phenoxy) is 1. The van der Waals surface area contributed by atoms with Crippen LogP contribution >= 0.6 is 11.8 Å². The molecule has 2 heterocycles. The second-order valence-electron chi connectivity index (χ2n) is 6.74. The van der Waals surface area contributed by atoms with Gasteiger partial charge in [-0.2, -0.15) is 11.8 Å². The number of nitrogens with zero attached hydrogens (tertiary/aromatic N) is 2. The SMILES string of the molecule is COc1ccccc1CNC(=O)CN1CCC(N2CCSCC2)CC1. The fourth-order valence-corrected chi connectivity index (χ4v) is 4.62. The van der Waals surface area contributed by atoms with Gasteiger partial charge in [0.25, 0.3) is 0 Å². The summed E-state index contributed by atoms with van der Waals surface area (Å²) < 4.78 is 5.33. The Labute approximate surface area is 155 Å². The Hall–Kier alpha value is -1.24. The molecule has 1 N–H and O–H groups in total. The van der Waals surface area contributed by atoms with Gasteiger partial charge >= 0.3 is 0 Å². The van der Waals surface area contributed by atoms with Crippen molar-refractivity contribution < 1.29 is 9.53 Å². The van der Waals surface area contributed by atoms with Crippen molar-refractivity contribution >= 4 is 17.7 Å². The monoisotopic (exact) mass is 363 g/mol. The minimum absolute atomic E-state index is 0.0960. The standard InChI is InChI=1S/C19H29N3O2S/c1-24-18-5-3-2-4-16(18)14-20-19(23)15-21-8-6-17(7-9-21)22-10-12-25-13-11-22/h2-5,17H,6-15H2,1H3,(H,20,23). The molecule has 1 amide bonds. The van der Waals surface area contributed by atoms with Crippen molar-refractivity contribution in [1.82, 2.24) is 15.1 Å². The summed E-state index contributed by atoms with van der Waals surface area (Å²) in [7, 11) is 1.66. The Balaban J connectivity index is 1.39. The van der Waals surface area contributed by atoms with E-state index in [9.17, 15) is 4.79 Å². The zero-order chi connectivity index (χ0) is 17.5. The van der Waals surface area contributed by atoms with Gasteiger partial charge in [0, 0.05) is 55.8 Å². The van der Waals surface area contributed by atoms with Crippen LogP contribution in [0.2, 0.25) is 0 Å². The number of para-hydroxylation sites is 1. The van der Waals surface area contributed by atoms with Crippen LogP contribution in [0.5, 0.6) is 5.75 Å². The number of methoxy groups -OCH3 is 1. The maximum Gasteiger partial charge on any atom is 0.234 e. The first-order valence-corrected chi connectivity index (χ1v) is 10.3. The molecule has 0 bridgehead atoms. The number of likely N-dealkylation sites (tertiary alicyclic amines) is 1. The molecule has 5 nitrogen and oxygen atoms in total. The van der Waals surface area contributed by atoms with Crippen LogP contribution in [0.25, 0.3) is 0 Å². The van der Waals surface area contributed by atoms with Crippen LogP contribution in [-0.4, -0.2) is 73.1 Å². The van der Waals surface area contributed by atoms with E-state index < -0.39 is 0 Å². The number of carbonyl (C=O) groups excluding carboxylic acids is 1. The summed E-state index contributed by atoms with van der Waals surface area (Å²) >= 11 is 2.06. The van der Waals surface area contributed by atoms with Crippen LogP contribution in [0.15, 0.2) is 24.3 Å². The Bertz CT molecular complexity index is 555. The number of nitrogens with one attached hydrogen (secondary N) is 1. The predicted molar refractivity (Wildman–Crippen MR) is 103 cm³/mol. The van der Waals surface area contributed by atoms with Crippen LogP contribution in [-0.2, 0) is 11.3 Å². The van der Waals surface area contributed by atoms with Gasteiger partial charge in [0.15, 0.2) is 0 Å². The topological polar surface area (TPSA) is 44.8 Å². The van der Waals surface area contributed by atoms with E-state index in [4.69, 9.17) is 4.74 Å². The lowest BCUT2D eigenvalue weighted by atomic mass is 10.0. The number of hydrogen-bond acceptors (Lipinski definition) is 5. The number of amides is 1. The maximum absolute atomic E-state index is 12.3. The largest absolute Gasteiger partial charge is 0.496 e. The Morgan fingerprint density at radius 1 is 1.20 bits per heavy atom. The summed E-state index contributed by atoms with van der Waals surface area (Å²) in [5, 5.41) is 3.02. The van der Waals surface area contributed by atoms with E-state index in [0.717, 1.165) is 24.4 Å². The van der Waals surface area contributed by atoms with Crippen molar-refractivity contribution in [1.29, 1.82) is 0 Å². The van der Waals surface area contributed by atoms with Gasteiger partial charge in [-0.3, -0.25) is 14.6 Å². The third-order valence-electron chi connectivity index (χ3n) is 5.15. The average Bonchev–Trinajstić information content (AvgIpc) is 2.68. The lowest BCUT2D eigenvalue weighted by molar-refractivity contribution is -0.122. The van der Waals surface area contributed by atoms with Gasteiger partial charge in [0.05, 0.1) is 13.7 Å². The molecule has 2 fully saturated rings. The van der Waals surface area contributed by atoms with Gasteiger partial charge in [0.2, 0.25) is 5.91 Å². The maximum atomic E-state index is 12.3. The summed E-state index contributed by atoms with van der Waals surface area (Å²) in [6.45, 7) is 5.53. The molecule has 2 aliphatic rings. The fourth-order valence-electron chi connectivity index (χ4n) is 3.69. The van der Waals surface area contributed by atoms with E-state index in [1.165, 1.54) is 37.4 Å². The fraction of sp³-hybridized carbons (Fsp3) is 0.632. The highest BCUT2D eigenvalue weighted by Gasteiger charge is 2.26. The Morgan fingerprint density at radius 3 is 2.64 bits per heavy atom. The third-order valence-corrected chi connectivity index (χ3v) is 6.10. The molecule has 0 radical (unpaired) electrons. The highest BCUT2D eigenvalue weighted by molar-refractivity contribution is 7.99. The zero-order valence-corrected chi connectivity index (χ0v) is 15.9. The van der Waals surface area contributed by atoms with Crippen molar-refractivity contribution in [3.8, 4) is 5.75 Å². The highest BCUT2D eigenvalue weighted by Crippen LogP contribution is 2.20. The third kappa shape index (κ3) is 5.36. The lowest BCUT2D eigenvalue weighted by Crippen LogP contribution is -2.49. The number of benzene rings is 1. The second kappa shape index (κ2) is 9.46. The lowest BCUT2D eigenvalue weighted by Gasteiger charge is -2.39. The van der Waals surface area contributed by atoms with Crippen molar-refractivity contribution in [2.45, 2.75) is 25.4 Å². The van der Waals surface area contributed by atoms with Crippen LogP contribution in [0, 0.1) is 0 Å². The molecule has 0 aliphatic carbocycles. The first-order chi connectivity index (χ1) is 12.3. The number of thioether (sulfide) groups is 1. The van der Waals surface area contributed by atoms with Gasteiger partial charge in [-0.1, -0.05) is 18.2 Å². The number of rotatable bonds is 6. The average molecular weight is 364 g/mol. The normalized spacial score (nSPS) is 20.4. The van der Waals surface area contributed by atoms with E-state index in [2.05, 4.69) is 26.9 Å². The molecule has 0 unspecified atom stereocenters. The molecule has 0 aromatic heterocycles. The summed E-state index contributed by atoms with van der Waals surface area (Å²) in [6, 6.07) is 8.53. The van der Waals surface area contributed by atoms with E-state index in [1.807, 2.05) is 24.3 Å². The van der Waals surface area contributed by atoms with Crippen LogP contribution in [0.1, 0.15) is 18.4 Å². The van der Waals surface area contributed by atoms with E-state index >= 15 is 0 Å². The molecule has 3 rings (SSSR count). The van der Waals surface area contributed by atoms with Gasteiger partial charge in [0.1, 0.15) is 5.75 Å². The molecular formula is C19H29N3O2S. The Kier molecular flexibility index (Phi) is 7.02. The van der Waals surface area contributed by atoms with E-state index in [1.54, 1.807) is 7.11 Å². The van der Waals surface area contributed by atoms with Gasteiger partial charge in [-0.25, -0.2) is 0 Å². The zero-order valence-electron chi connectivity index (χ0n) is 15.1. The summed E-state index contributed by atoms with van der Waals surface area (Å²) in [4.78, 5) is 17.2. The molecule has 2 aliphatic heterocycles. The predicted octanol–water partition coefficient (Wildman–Crippen LogP) is 1.82.